The van der Waals surface area contributed by atoms with Crippen LogP contribution in [0.3, 0.4) is 0 Å². The standard InChI is InChI=1S/C13H20N2OS/c1-3-14(4-2)9-10-16-13-7-5-12(6-8-13)15-11-17-15/h5-8H,3-4,9-11H2,1-2H3. The monoisotopic (exact) mass is 252 g/mol. The molecule has 17 heavy (non-hydrogen) atoms. The molecule has 0 unspecified atom stereocenters. The van der Waals surface area contributed by atoms with Crippen molar-refractivity contribution >= 4 is 17.6 Å². The van der Waals surface area contributed by atoms with E-state index in [1.54, 1.807) is 0 Å². The van der Waals surface area contributed by atoms with Gasteiger partial charge in [-0.1, -0.05) is 13.8 Å². The van der Waals surface area contributed by atoms with Crippen molar-refractivity contribution in [1.29, 1.82) is 0 Å². The van der Waals surface area contributed by atoms with Gasteiger partial charge in [0.2, 0.25) is 0 Å². The molecule has 0 aliphatic carbocycles. The third-order valence-corrected chi connectivity index (χ3v) is 3.68. The molecule has 1 aliphatic rings. The van der Waals surface area contributed by atoms with Gasteiger partial charge in [-0.05, 0) is 49.3 Å². The van der Waals surface area contributed by atoms with Gasteiger partial charge in [0.15, 0.2) is 0 Å². The Morgan fingerprint density at radius 3 is 2.41 bits per heavy atom. The van der Waals surface area contributed by atoms with Crippen LogP contribution in [0.2, 0.25) is 0 Å². The van der Waals surface area contributed by atoms with Gasteiger partial charge in [0.25, 0.3) is 0 Å². The second-order valence-corrected chi connectivity index (χ2v) is 4.96. The number of ether oxygens (including phenoxy) is 1. The lowest BCUT2D eigenvalue weighted by atomic mass is 10.3. The number of anilines is 1. The molecule has 0 bridgehead atoms. The first kappa shape index (κ1) is 12.6. The summed E-state index contributed by atoms with van der Waals surface area (Å²) < 4.78 is 7.98. The van der Waals surface area contributed by atoms with Crippen LogP contribution < -0.4 is 9.04 Å². The fourth-order valence-electron chi connectivity index (χ4n) is 1.72. The first-order valence-corrected chi connectivity index (χ1v) is 7.13. The highest BCUT2D eigenvalue weighted by Gasteiger charge is 2.19. The van der Waals surface area contributed by atoms with E-state index in [2.05, 4.69) is 47.3 Å². The van der Waals surface area contributed by atoms with Gasteiger partial charge >= 0.3 is 0 Å². The first-order valence-electron chi connectivity index (χ1n) is 6.19. The van der Waals surface area contributed by atoms with Crippen LogP contribution in [-0.2, 0) is 0 Å². The average Bonchev–Trinajstić information content (AvgIpc) is 3.20. The fourth-order valence-corrected chi connectivity index (χ4v) is 2.20. The maximum Gasteiger partial charge on any atom is 0.119 e. The third kappa shape index (κ3) is 3.82. The molecule has 1 saturated heterocycles. The minimum absolute atomic E-state index is 0.763. The van der Waals surface area contributed by atoms with Crippen LogP contribution in [0.4, 0.5) is 5.69 Å². The topological polar surface area (TPSA) is 15.5 Å². The van der Waals surface area contributed by atoms with Crippen LogP contribution in [0, 0.1) is 0 Å². The maximum absolute atomic E-state index is 5.73. The molecule has 0 saturated carbocycles. The van der Waals surface area contributed by atoms with Crippen LogP contribution in [-0.4, -0.2) is 37.0 Å². The van der Waals surface area contributed by atoms with E-state index in [0.717, 1.165) is 37.9 Å². The molecule has 1 aromatic carbocycles. The van der Waals surface area contributed by atoms with Crippen LogP contribution in [0.15, 0.2) is 24.3 Å². The normalized spacial score (nSPS) is 14.2. The summed E-state index contributed by atoms with van der Waals surface area (Å²) in [7, 11) is 0. The minimum Gasteiger partial charge on any atom is -0.492 e. The summed E-state index contributed by atoms with van der Waals surface area (Å²) in [5, 5.41) is 0. The van der Waals surface area contributed by atoms with E-state index in [1.807, 2.05) is 11.9 Å². The van der Waals surface area contributed by atoms with E-state index in [0.29, 0.717) is 0 Å². The molecule has 1 heterocycles. The largest absolute Gasteiger partial charge is 0.492 e. The van der Waals surface area contributed by atoms with Crippen molar-refractivity contribution in [3.8, 4) is 5.75 Å². The predicted octanol–water partition coefficient (Wildman–Crippen LogP) is 2.83. The van der Waals surface area contributed by atoms with Crippen molar-refractivity contribution in [2.75, 3.05) is 36.4 Å². The highest BCUT2D eigenvalue weighted by molar-refractivity contribution is 8.07. The number of benzene rings is 1. The Morgan fingerprint density at radius 1 is 1.24 bits per heavy atom. The summed E-state index contributed by atoms with van der Waals surface area (Å²) in [6.45, 7) is 8.30. The van der Waals surface area contributed by atoms with Gasteiger partial charge < -0.3 is 13.9 Å². The fraction of sp³-hybridized carbons (Fsp3) is 0.538. The van der Waals surface area contributed by atoms with E-state index in [4.69, 9.17) is 4.74 Å². The van der Waals surface area contributed by atoms with Gasteiger partial charge in [-0.25, -0.2) is 0 Å². The van der Waals surface area contributed by atoms with Crippen molar-refractivity contribution < 1.29 is 4.74 Å². The van der Waals surface area contributed by atoms with Gasteiger partial charge in [-0.15, -0.1) is 0 Å². The van der Waals surface area contributed by atoms with E-state index < -0.39 is 0 Å². The average molecular weight is 252 g/mol. The number of rotatable bonds is 7. The summed E-state index contributed by atoms with van der Waals surface area (Å²) in [5.41, 5.74) is 1.27. The highest BCUT2D eigenvalue weighted by Crippen LogP contribution is 2.36. The predicted molar refractivity (Wildman–Crippen MR) is 74.7 cm³/mol. The maximum atomic E-state index is 5.73. The number of hydrogen-bond acceptors (Lipinski definition) is 4. The second-order valence-electron chi connectivity index (χ2n) is 4.01. The molecule has 0 radical (unpaired) electrons. The molecular weight excluding hydrogens is 232 g/mol. The second kappa shape index (κ2) is 6.17. The highest BCUT2D eigenvalue weighted by atomic mass is 32.2. The van der Waals surface area contributed by atoms with E-state index in [9.17, 15) is 0 Å². The van der Waals surface area contributed by atoms with Crippen molar-refractivity contribution in [3.63, 3.8) is 0 Å². The molecule has 0 amide bonds. The van der Waals surface area contributed by atoms with Crippen molar-refractivity contribution in [1.82, 2.24) is 4.90 Å². The molecule has 2 rings (SSSR count). The molecule has 4 heteroatoms. The molecule has 0 spiro atoms. The number of hydrogen-bond donors (Lipinski definition) is 0. The van der Waals surface area contributed by atoms with Gasteiger partial charge in [0, 0.05) is 12.2 Å². The zero-order chi connectivity index (χ0) is 12.1. The van der Waals surface area contributed by atoms with Gasteiger partial charge in [0.1, 0.15) is 12.4 Å². The van der Waals surface area contributed by atoms with Gasteiger partial charge in [-0.2, -0.15) is 0 Å². The molecule has 0 atom stereocenters. The molecule has 3 nitrogen and oxygen atoms in total. The molecular formula is C13H20N2OS. The zero-order valence-corrected chi connectivity index (χ0v) is 11.4. The van der Waals surface area contributed by atoms with Crippen LogP contribution in [0.5, 0.6) is 5.75 Å². The lowest BCUT2D eigenvalue weighted by Gasteiger charge is -2.18. The molecule has 1 aromatic rings. The molecule has 1 fully saturated rings. The van der Waals surface area contributed by atoms with Crippen LogP contribution in [0.25, 0.3) is 0 Å². The summed E-state index contributed by atoms with van der Waals surface area (Å²) in [4.78, 5) is 2.36. The quantitative estimate of drug-likeness (QED) is 0.547. The van der Waals surface area contributed by atoms with Crippen LogP contribution in [0.1, 0.15) is 13.8 Å². The zero-order valence-electron chi connectivity index (χ0n) is 10.6. The Bertz CT molecular complexity index is 334. The Labute approximate surface area is 108 Å². The number of nitrogens with zero attached hydrogens (tertiary/aromatic N) is 2. The van der Waals surface area contributed by atoms with E-state index >= 15 is 0 Å². The SMILES string of the molecule is CCN(CC)CCOc1ccc(N2CS2)cc1. The Hall–Kier alpha value is -0.870. The van der Waals surface area contributed by atoms with E-state index in [1.165, 1.54) is 5.69 Å². The Morgan fingerprint density at radius 2 is 1.88 bits per heavy atom. The lowest BCUT2D eigenvalue weighted by molar-refractivity contribution is 0.223. The van der Waals surface area contributed by atoms with Crippen molar-refractivity contribution in [3.05, 3.63) is 24.3 Å². The molecule has 0 N–H and O–H groups in total. The lowest BCUT2D eigenvalue weighted by Crippen LogP contribution is -2.27. The summed E-state index contributed by atoms with van der Waals surface area (Å²) >= 11 is 1.84. The minimum atomic E-state index is 0.763. The molecule has 0 aromatic heterocycles. The summed E-state index contributed by atoms with van der Waals surface area (Å²) in [6.07, 6.45) is 0. The molecule has 1 aliphatic heterocycles. The Balaban J connectivity index is 1.74. The smallest absolute Gasteiger partial charge is 0.119 e. The van der Waals surface area contributed by atoms with Crippen molar-refractivity contribution in [2.45, 2.75) is 13.8 Å². The van der Waals surface area contributed by atoms with Gasteiger partial charge in [0.05, 0.1) is 5.88 Å². The summed E-state index contributed by atoms with van der Waals surface area (Å²) in [6, 6.07) is 8.34. The van der Waals surface area contributed by atoms with Crippen molar-refractivity contribution in [2.24, 2.45) is 0 Å². The third-order valence-electron chi connectivity index (χ3n) is 2.95. The molecule has 94 valence electrons. The Kier molecular flexibility index (Phi) is 4.57. The van der Waals surface area contributed by atoms with Gasteiger partial charge in [-0.3, -0.25) is 0 Å². The first-order chi connectivity index (χ1) is 8.33. The van der Waals surface area contributed by atoms with Crippen LogP contribution >= 0.6 is 11.9 Å². The summed E-state index contributed by atoms with van der Waals surface area (Å²) in [5.74, 6) is 2.08. The number of likely N-dealkylation sites (N-methyl/N-ethyl adjacent to an activating group) is 1. The van der Waals surface area contributed by atoms with E-state index in [-0.39, 0.29) is 0 Å².